The standard InChI is InChI=1S/C13H17BrN2O.2ClH/c1-2-13(16-7-5-15-6-8-16)11-9-10(17)3-4-12(11)14;;/h2-4,9,13,15,17H,1,5-8H2;2*1H/t13-;;/m1../s1. The Kier molecular flexibility index (Phi) is 8.70. The number of rotatable bonds is 3. The van der Waals surface area contributed by atoms with Gasteiger partial charge >= 0.3 is 0 Å². The van der Waals surface area contributed by atoms with E-state index in [1.165, 1.54) is 0 Å². The molecule has 2 N–H and O–H groups in total. The fourth-order valence-electron chi connectivity index (χ4n) is 2.19. The Morgan fingerprint density at radius 1 is 1.32 bits per heavy atom. The third kappa shape index (κ3) is 4.65. The van der Waals surface area contributed by atoms with Gasteiger partial charge in [0.1, 0.15) is 5.75 Å². The van der Waals surface area contributed by atoms with Gasteiger partial charge in [-0.15, -0.1) is 31.4 Å². The summed E-state index contributed by atoms with van der Waals surface area (Å²) in [4.78, 5) is 2.36. The SMILES string of the molecule is C=C[C@H](c1cc(O)ccc1Br)N1CCNCC1.Cl.Cl. The Hall–Kier alpha value is -0.260. The molecule has 1 atom stereocenters. The molecule has 0 radical (unpaired) electrons. The van der Waals surface area contributed by atoms with E-state index in [0.717, 1.165) is 36.2 Å². The Labute approximate surface area is 135 Å². The van der Waals surface area contributed by atoms with Gasteiger partial charge in [-0.25, -0.2) is 0 Å². The van der Waals surface area contributed by atoms with Crippen LogP contribution in [0.3, 0.4) is 0 Å². The number of nitrogens with zero attached hydrogens (tertiary/aromatic N) is 1. The van der Waals surface area contributed by atoms with Crippen LogP contribution in [0, 0.1) is 0 Å². The van der Waals surface area contributed by atoms with Crippen LogP contribution in [0.5, 0.6) is 5.75 Å². The van der Waals surface area contributed by atoms with E-state index in [1.54, 1.807) is 12.1 Å². The zero-order valence-corrected chi connectivity index (χ0v) is 13.7. The number of aromatic hydroxyl groups is 1. The summed E-state index contributed by atoms with van der Waals surface area (Å²) in [6.45, 7) is 7.92. The number of halogens is 3. The van der Waals surface area contributed by atoms with Crippen LogP contribution in [0.2, 0.25) is 0 Å². The van der Waals surface area contributed by atoms with Crippen molar-refractivity contribution >= 4 is 40.7 Å². The minimum atomic E-state index is 0. The molecule has 6 heteroatoms. The van der Waals surface area contributed by atoms with Crippen LogP contribution in [0.15, 0.2) is 35.3 Å². The number of hydrogen-bond acceptors (Lipinski definition) is 3. The second kappa shape index (κ2) is 8.82. The normalized spacial score (nSPS) is 16.9. The smallest absolute Gasteiger partial charge is 0.116 e. The Bertz CT molecular complexity index is 412. The minimum absolute atomic E-state index is 0. The average Bonchev–Trinajstić information content (AvgIpc) is 2.36. The van der Waals surface area contributed by atoms with E-state index in [4.69, 9.17) is 0 Å². The first-order chi connectivity index (χ1) is 8.22. The van der Waals surface area contributed by atoms with Crippen molar-refractivity contribution in [1.29, 1.82) is 0 Å². The lowest BCUT2D eigenvalue weighted by Crippen LogP contribution is -2.44. The number of phenols is 1. The molecule has 0 saturated carbocycles. The van der Waals surface area contributed by atoms with E-state index in [9.17, 15) is 5.11 Å². The molecule has 1 aromatic carbocycles. The monoisotopic (exact) mass is 368 g/mol. The second-order valence-corrected chi connectivity index (χ2v) is 5.03. The van der Waals surface area contributed by atoms with Gasteiger partial charge in [-0.2, -0.15) is 0 Å². The van der Waals surface area contributed by atoms with Crippen molar-refractivity contribution in [2.75, 3.05) is 26.2 Å². The zero-order valence-electron chi connectivity index (χ0n) is 10.5. The van der Waals surface area contributed by atoms with Crippen molar-refractivity contribution in [2.24, 2.45) is 0 Å². The topological polar surface area (TPSA) is 35.5 Å². The van der Waals surface area contributed by atoms with Crippen LogP contribution >= 0.6 is 40.7 Å². The van der Waals surface area contributed by atoms with E-state index in [2.05, 4.69) is 32.7 Å². The van der Waals surface area contributed by atoms with Gasteiger partial charge in [0, 0.05) is 30.7 Å². The van der Waals surface area contributed by atoms with Crippen molar-refractivity contribution in [3.63, 3.8) is 0 Å². The molecular formula is C13H19BrCl2N2O. The number of phenolic OH excluding ortho intramolecular Hbond substituents is 1. The first-order valence-electron chi connectivity index (χ1n) is 5.78. The van der Waals surface area contributed by atoms with Gasteiger partial charge in [0.2, 0.25) is 0 Å². The summed E-state index contributed by atoms with van der Waals surface area (Å²) in [6, 6.07) is 5.52. The van der Waals surface area contributed by atoms with E-state index in [1.807, 2.05) is 12.1 Å². The molecule has 0 unspecified atom stereocenters. The van der Waals surface area contributed by atoms with Gasteiger partial charge in [-0.3, -0.25) is 4.90 Å². The van der Waals surface area contributed by atoms with Crippen LogP contribution < -0.4 is 5.32 Å². The lowest BCUT2D eigenvalue weighted by Gasteiger charge is -2.33. The number of benzene rings is 1. The van der Waals surface area contributed by atoms with Gasteiger partial charge in [-0.05, 0) is 23.8 Å². The molecular weight excluding hydrogens is 351 g/mol. The highest BCUT2D eigenvalue weighted by molar-refractivity contribution is 9.10. The maximum atomic E-state index is 9.59. The largest absolute Gasteiger partial charge is 0.508 e. The molecule has 1 heterocycles. The highest BCUT2D eigenvalue weighted by atomic mass is 79.9. The predicted octanol–water partition coefficient (Wildman–Crippen LogP) is 3.13. The predicted molar refractivity (Wildman–Crippen MR) is 87.7 cm³/mol. The molecule has 0 amide bonds. The molecule has 0 aromatic heterocycles. The Morgan fingerprint density at radius 2 is 1.95 bits per heavy atom. The van der Waals surface area contributed by atoms with Crippen LogP contribution in [0.25, 0.3) is 0 Å². The Morgan fingerprint density at radius 3 is 2.53 bits per heavy atom. The third-order valence-corrected chi connectivity index (χ3v) is 3.79. The minimum Gasteiger partial charge on any atom is -0.508 e. The van der Waals surface area contributed by atoms with Gasteiger partial charge in [0.15, 0.2) is 0 Å². The van der Waals surface area contributed by atoms with Gasteiger partial charge in [0.05, 0.1) is 6.04 Å². The lowest BCUT2D eigenvalue weighted by atomic mass is 10.0. The zero-order chi connectivity index (χ0) is 12.3. The lowest BCUT2D eigenvalue weighted by molar-refractivity contribution is 0.203. The van der Waals surface area contributed by atoms with Crippen LogP contribution in [-0.2, 0) is 0 Å². The summed E-state index contributed by atoms with van der Waals surface area (Å²) in [7, 11) is 0. The molecule has 1 aliphatic rings. The summed E-state index contributed by atoms with van der Waals surface area (Å²) >= 11 is 3.54. The van der Waals surface area contributed by atoms with E-state index in [-0.39, 0.29) is 30.9 Å². The summed E-state index contributed by atoms with van der Waals surface area (Å²) in [5.41, 5.74) is 1.07. The molecule has 108 valence electrons. The molecule has 3 nitrogen and oxygen atoms in total. The van der Waals surface area contributed by atoms with Crippen LogP contribution in [-0.4, -0.2) is 36.2 Å². The number of nitrogens with one attached hydrogen (secondary N) is 1. The quantitative estimate of drug-likeness (QED) is 0.803. The average molecular weight is 370 g/mol. The van der Waals surface area contributed by atoms with Crippen LogP contribution in [0.4, 0.5) is 0 Å². The van der Waals surface area contributed by atoms with Gasteiger partial charge in [-0.1, -0.05) is 22.0 Å². The van der Waals surface area contributed by atoms with Crippen molar-refractivity contribution in [3.05, 3.63) is 40.9 Å². The second-order valence-electron chi connectivity index (χ2n) is 4.17. The summed E-state index contributed by atoms with van der Waals surface area (Å²) in [6.07, 6.45) is 1.94. The third-order valence-electron chi connectivity index (χ3n) is 3.07. The summed E-state index contributed by atoms with van der Waals surface area (Å²) < 4.78 is 1.01. The number of hydrogen-bond donors (Lipinski definition) is 2. The molecule has 1 aliphatic heterocycles. The van der Waals surface area contributed by atoms with Crippen molar-refractivity contribution < 1.29 is 5.11 Å². The van der Waals surface area contributed by atoms with Crippen molar-refractivity contribution in [1.82, 2.24) is 10.2 Å². The van der Waals surface area contributed by atoms with Gasteiger partial charge < -0.3 is 10.4 Å². The van der Waals surface area contributed by atoms with Gasteiger partial charge in [0.25, 0.3) is 0 Å². The summed E-state index contributed by atoms with van der Waals surface area (Å²) in [5, 5.41) is 12.9. The van der Waals surface area contributed by atoms with Crippen molar-refractivity contribution in [3.8, 4) is 5.75 Å². The van der Waals surface area contributed by atoms with Crippen LogP contribution in [0.1, 0.15) is 11.6 Å². The molecule has 1 aromatic rings. The maximum Gasteiger partial charge on any atom is 0.116 e. The highest BCUT2D eigenvalue weighted by Gasteiger charge is 2.21. The first kappa shape index (κ1) is 18.7. The Balaban J connectivity index is 0.00000162. The number of piperazine rings is 1. The first-order valence-corrected chi connectivity index (χ1v) is 6.57. The fourth-order valence-corrected chi connectivity index (χ4v) is 2.67. The fraction of sp³-hybridized carbons (Fsp3) is 0.385. The van der Waals surface area contributed by atoms with Crippen molar-refractivity contribution in [2.45, 2.75) is 6.04 Å². The molecule has 0 bridgehead atoms. The molecule has 1 fully saturated rings. The molecule has 0 aliphatic carbocycles. The maximum absolute atomic E-state index is 9.59. The molecule has 2 rings (SSSR count). The highest BCUT2D eigenvalue weighted by Crippen LogP contribution is 2.31. The molecule has 19 heavy (non-hydrogen) atoms. The van der Waals surface area contributed by atoms with E-state index in [0.29, 0.717) is 5.75 Å². The van der Waals surface area contributed by atoms with E-state index >= 15 is 0 Å². The van der Waals surface area contributed by atoms with E-state index < -0.39 is 0 Å². The molecule has 1 saturated heterocycles. The molecule has 0 spiro atoms. The summed E-state index contributed by atoms with van der Waals surface area (Å²) in [5.74, 6) is 0.296.